The summed E-state index contributed by atoms with van der Waals surface area (Å²) in [6.07, 6.45) is -14.6. The summed E-state index contributed by atoms with van der Waals surface area (Å²) < 4.78 is 28.3. The predicted molar refractivity (Wildman–Crippen MR) is 133 cm³/mol. The zero-order valence-electron chi connectivity index (χ0n) is 21.9. The van der Waals surface area contributed by atoms with Gasteiger partial charge in [0.1, 0.15) is 54.9 Å². The third-order valence-corrected chi connectivity index (χ3v) is 9.01. The van der Waals surface area contributed by atoms with E-state index in [1.807, 2.05) is 0 Å². The first-order valence-corrected chi connectivity index (χ1v) is 13.5. The van der Waals surface area contributed by atoms with Gasteiger partial charge in [0.25, 0.3) is 0 Å². The van der Waals surface area contributed by atoms with Gasteiger partial charge in [0.05, 0.1) is 19.3 Å². The molecule has 40 heavy (non-hydrogen) atoms. The summed E-state index contributed by atoms with van der Waals surface area (Å²) in [6, 6.07) is 0. The summed E-state index contributed by atoms with van der Waals surface area (Å²) in [5.41, 5.74) is 2.06. The highest BCUT2D eigenvalue weighted by Crippen LogP contribution is 2.52. The topological polar surface area (TPSA) is 205 Å². The first-order chi connectivity index (χ1) is 19.0. The normalized spacial score (nSPS) is 49.4. The average molecular weight is 571 g/mol. The highest BCUT2D eigenvalue weighted by molar-refractivity contribution is 5.90. The fourth-order valence-corrected chi connectivity index (χ4v) is 6.62. The number of esters is 1. The zero-order valence-corrected chi connectivity index (χ0v) is 21.9. The van der Waals surface area contributed by atoms with E-state index < -0.39 is 86.7 Å². The Bertz CT molecular complexity index is 1010. The second-order valence-corrected chi connectivity index (χ2v) is 11.3. The average Bonchev–Trinajstić information content (AvgIpc) is 3.33. The fraction of sp³-hybridized carbons (Fsp3) is 0.741. The van der Waals surface area contributed by atoms with E-state index >= 15 is 0 Å². The van der Waals surface area contributed by atoms with Crippen LogP contribution in [0.15, 0.2) is 36.5 Å². The lowest BCUT2D eigenvalue weighted by atomic mass is 9.83. The smallest absolute Gasteiger partial charge is 0.334 e. The van der Waals surface area contributed by atoms with E-state index in [-0.39, 0.29) is 23.9 Å². The molecule has 0 aromatic heterocycles. The largest absolute Gasteiger partial charge is 0.458 e. The van der Waals surface area contributed by atoms with E-state index in [1.54, 1.807) is 0 Å². The minimum atomic E-state index is -1.76. The second kappa shape index (κ2) is 11.5. The van der Waals surface area contributed by atoms with Gasteiger partial charge in [-0.2, -0.15) is 0 Å². The van der Waals surface area contributed by atoms with Gasteiger partial charge in [-0.1, -0.05) is 25.3 Å². The number of carbonyl (C=O) groups is 1. The molecule has 0 spiro atoms. The molecule has 224 valence electrons. The molecule has 7 N–H and O–H groups in total. The molecule has 3 aliphatic heterocycles. The minimum absolute atomic E-state index is 0.00355. The Balaban J connectivity index is 1.26. The van der Waals surface area contributed by atoms with Gasteiger partial charge in [0.2, 0.25) is 0 Å². The van der Waals surface area contributed by atoms with Crippen molar-refractivity contribution in [2.45, 2.75) is 92.9 Å². The van der Waals surface area contributed by atoms with Gasteiger partial charge >= 0.3 is 5.97 Å². The zero-order chi connectivity index (χ0) is 29.0. The van der Waals surface area contributed by atoms with Crippen LogP contribution in [0.2, 0.25) is 0 Å². The van der Waals surface area contributed by atoms with Crippen molar-refractivity contribution in [3.8, 4) is 0 Å². The van der Waals surface area contributed by atoms with Crippen LogP contribution in [0.5, 0.6) is 0 Å². The van der Waals surface area contributed by atoms with Crippen LogP contribution in [0, 0.1) is 17.8 Å². The maximum absolute atomic E-state index is 12.1. The Hall–Kier alpha value is -1.75. The van der Waals surface area contributed by atoms with E-state index in [0.29, 0.717) is 24.8 Å². The van der Waals surface area contributed by atoms with Crippen molar-refractivity contribution in [1.29, 1.82) is 0 Å². The van der Waals surface area contributed by atoms with Gasteiger partial charge in [-0.25, -0.2) is 4.79 Å². The van der Waals surface area contributed by atoms with E-state index in [4.69, 9.17) is 23.7 Å². The molecule has 13 heteroatoms. The molecule has 0 bridgehead atoms. The molecule has 3 heterocycles. The van der Waals surface area contributed by atoms with E-state index in [9.17, 15) is 40.5 Å². The molecular weight excluding hydrogens is 532 g/mol. The number of fused-ring (bicyclic) bond motifs is 2. The number of aliphatic hydroxyl groups is 7. The molecule has 15 atom stereocenters. The van der Waals surface area contributed by atoms with Crippen molar-refractivity contribution in [1.82, 2.24) is 0 Å². The molecule has 0 amide bonds. The Kier molecular flexibility index (Phi) is 8.55. The van der Waals surface area contributed by atoms with Gasteiger partial charge in [-0.3, -0.25) is 0 Å². The summed E-state index contributed by atoms with van der Waals surface area (Å²) in [6.45, 7) is 11.0. The van der Waals surface area contributed by atoms with Gasteiger partial charge < -0.3 is 59.4 Å². The van der Waals surface area contributed by atoms with Crippen LogP contribution < -0.4 is 0 Å². The summed E-state index contributed by atoms with van der Waals surface area (Å²) in [4.78, 5) is 12.1. The van der Waals surface area contributed by atoms with Crippen LogP contribution in [-0.2, 0) is 28.5 Å². The maximum Gasteiger partial charge on any atom is 0.334 e. The van der Waals surface area contributed by atoms with Gasteiger partial charge in [-0.05, 0) is 30.3 Å². The summed E-state index contributed by atoms with van der Waals surface area (Å²) in [7, 11) is 0. The predicted octanol–water partition coefficient (Wildman–Crippen LogP) is -2.36. The van der Waals surface area contributed by atoms with Crippen LogP contribution in [0.4, 0.5) is 0 Å². The number of ether oxygens (including phenoxy) is 5. The van der Waals surface area contributed by atoms with Crippen LogP contribution >= 0.6 is 0 Å². The first kappa shape index (κ1) is 29.7. The quantitative estimate of drug-likeness (QED) is 0.102. The lowest BCUT2D eigenvalue weighted by Crippen LogP contribution is -2.64. The Morgan fingerprint density at radius 1 is 0.750 bits per heavy atom. The number of hydrogen-bond donors (Lipinski definition) is 7. The van der Waals surface area contributed by atoms with Crippen LogP contribution in [-0.4, -0.2) is 129 Å². The summed E-state index contributed by atoms with van der Waals surface area (Å²) in [5.74, 6) is -0.635. The number of hydrogen-bond acceptors (Lipinski definition) is 13. The van der Waals surface area contributed by atoms with E-state index in [2.05, 4.69) is 19.7 Å². The highest BCUT2D eigenvalue weighted by Gasteiger charge is 2.53. The Morgan fingerprint density at radius 2 is 1.38 bits per heavy atom. The summed E-state index contributed by atoms with van der Waals surface area (Å²) >= 11 is 0. The number of carbonyl (C=O) groups excluding carboxylic acids is 1. The van der Waals surface area contributed by atoms with Crippen LogP contribution in [0.3, 0.4) is 0 Å². The van der Waals surface area contributed by atoms with Crippen molar-refractivity contribution < 1.29 is 64.2 Å². The van der Waals surface area contributed by atoms with Crippen molar-refractivity contribution in [3.05, 3.63) is 36.5 Å². The summed E-state index contributed by atoms with van der Waals surface area (Å²) in [5, 5.41) is 71.5. The third-order valence-electron chi connectivity index (χ3n) is 9.01. The maximum atomic E-state index is 12.1. The van der Waals surface area contributed by atoms with Gasteiger partial charge in [0, 0.05) is 17.9 Å². The lowest BCUT2D eigenvalue weighted by molar-refractivity contribution is -0.361. The molecule has 2 aliphatic carbocycles. The van der Waals surface area contributed by atoms with Crippen molar-refractivity contribution in [2.75, 3.05) is 13.2 Å². The minimum Gasteiger partial charge on any atom is -0.458 e. The highest BCUT2D eigenvalue weighted by atomic mass is 16.7. The molecule has 3 saturated heterocycles. The van der Waals surface area contributed by atoms with E-state index in [0.717, 1.165) is 11.1 Å². The third kappa shape index (κ3) is 5.07. The van der Waals surface area contributed by atoms with Crippen molar-refractivity contribution >= 4 is 5.97 Å². The van der Waals surface area contributed by atoms with Gasteiger partial charge in [0.15, 0.2) is 12.6 Å². The number of aliphatic hydroxyl groups excluding tert-OH is 7. The second-order valence-electron chi connectivity index (χ2n) is 11.3. The fourth-order valence-electron chi connectivity index (χ4n) is 6.62. The lowest BCUT2D eigenvalue weighted by Gasteiger charge is -2.46. The molecule has 5 fully saturated rings. The molecule has 0 unspecified atom stereocenters. The standard InChI is InChI=1S/C27H38O13/c1-9-4-16-14(11(3)25(35)36-16)5-13-10(2)15(6-12(9)13)37-26-23(34)21(32)24(18(8-29)39-26)40-27-22(33)20(31)19(30)17(7-28)38-27/h12-24,26-34H,1-8H2/t12-,13-,14+,15-,16-,17+,18+,19-,20-,21+,22+,23+,24+,26+,27-/m0/s1. The Labute approximate surface area is 230 Å². The monoisotopic (exact) mass is 570 g/mol. The van der Waals surface area contributed by atoms with Gasteiger partial charge in [-0.15, -0.1) is 0 Å². The number of rotatable bonds is 6. The van der Waals surface area contributed by atoms with Crippen LogP contribution in [0.25, 0.3) is 0 Å². The molecule has 5 rings (SSSR count). The molecule has 13 nitrogen and oxygen atoms in total. The van der Waals surface area contributed by atoms with Crippen molar-refractivity contribution in [3.63, 3.8) is 0 Å². The van der Waals surface area contributed by atoms with Crippen molar-refractivity contribution in [2.24, 2.45) is 17.8 Å². The molecule has 2 saturated carbocycles. The molecule has 0 radical (unpaired) electrons. The van der Waals surface area contributed by atoms with E-state index in [1.165, 1.54) is 0 Å². The molecule has 0 aromatic rings. The molecule has 5 aliphatic rings. The molecule has 0 aromatic carbocycles. The Morgan fingerprint density at radius 3 is 2.05 bits per heavy atom. The SMILES string of the molecule is C=C1C(=O)O[C@H]2CC(=C)[C@@H]3C[C@H](O[C@@H]4O[C@H](CO)[C@@H](O[C@@H]5O[C@H](CO)[C@H](O)[C@H](O)[C@H]5O)[C@H](O)[C@H]4O)C(=C)[C@@H]3C[C@H]12. The van der Waals surface area contributed by atoms with Crippen LogP contribution in [0.1, 0.15) is 19.3 Å². The first-order valence-electron chi connectivity index (χ1n) is 13.5. The molecular formula is C27H38O13.